The van der Waals surface area contributed by atoms with Crippen molar-refractivity contribution < 1.29 is 13.6 Å². The lowest BCUT2D eigenvalue weighted by Gasteiger charge is -2.21. The Bertz CT molecular complexity index is 1120. The molecule has 0 aliphatic rings. The molecule has 0 atom stereocenters. The lowest BCUT2D eigenvalue weighted by molar-refractivity contribution is -0.113. The molecule has 3 heterocycles. The molecule has 1 aromatic carbocycles. The van der Waals surface area contributed by atoms with Gasteiger partial charge in [-0.05, 0) is 62.4 Å². The number of aromatic nitrogens is 3. The number of rotatable bonds is 10. The molecule has 4 aromatic rings. The number of anilines is 2. The normalized spacial score (nSPS) is 10.9. The molecule has 0 radical (unpaired) electrons. The van der Waals surface area contributed by atoms with Crippen molar-refractivity contribution in [2.45, 2.75) is 25.5 Å². The Kier molecular flexibility index (Phi) is 6.96. The SMILES string of the molecule is CCN(CC)c1ccc(NC(=O)CSc2nnc(-c3ccco3)n2Cc2ccco2)cc1. The zero-order chi connectivity index (χ0) is 22.3. The molecule has 32 heavy (non-hydrogen) atoms. The van der Waals surface area contributed by atoms with Crippen LogP contribution in [-0.4, -0.2) is 39.5 Å². The number of nitrogens with one attached hydrogen (secondary N) is 1. The largest absolute Gasteiger partial charge is 0.467 e. The van der Waals surface area contributed by atoms with E-state index in [1.54, 1.807) is 18.6 Å². The van der Waals surface area contributed by atoms with Crippen LogP contribution < -0.4 is 10.2 Å². The van der Waals surface area contributed by atoms with Gasteiger partial charge in [0.2, 0.25) is 11.7 Å². The van der Waals surface area contributed by atoms with Crippen LogP contribution in [0.4, 0.5) is 11.4 Å². The van der Waals surface area contributed by atoms with Crippen molar-refractivity contribution in [3.05, 3.63) is 66.8 Å². The Morgan fingerprint density at radius 3 is 2.44 bits per heavy atom. The van der Waals surface area contributed by atoms with Gasteiger partial charge in [0.05, 0.1) is 24.8 Å². The first-order chi connectivity index (χ1) is 15.7. The molecule has 0 aliphatic carbocycles. The molecule has 0 spiro atoms. The van der Waals surface area contributed by atoms with Gasteiger partial charge in [0.15, 0.2) is 10.9 Å². The summed E-state index contributed by atoms with van der Waals surface area (Å²) >= 11 is 1.32. The fourth-order valence-corrected chi connectivity index (χ4v) is 4.09. The van der Waals surface area contributed by atoms with Crippen LogP contribution in [0.3, 0.4) is 0 Å². The summed E-state index contributed by atoms with van der Waals surface area (Å²) < 4.78 is 12.9. The van der Waals surface area contributed by atoms with Gasteiger partial charge in [0.1, 0.15) is 5.76 Å². The van der Waals surface area contributed by atoms with Crippen molar-refractivity contribution in [1.29, 1.82) is 0 Å². The molecule has 0 bridgehead atoms. The Balaban J connectivity index is 1.42. The van der Waals surface area contributed by atoms with E-state index in [0.717, 1.165) is 30.2 Å². The molecule has 166 valence electrons. The van der Waals surface area contributed by atoms with Gasteiger partial charge < -0.3 is 19.1 Å². The first-order valence-corrected chi connectivity index (χ1v) is 11.4. The number of hydrogen-bond donors (Lipinski definition) is 1. The molecule has 0 fully saturated rings. The summed E-state index contributed by atoms with van der Waals surface area (Å²) in [5, 5.41) is 12.1. The third-order valence-corrected chi connectivity index (χ3v) is 5.93. The van der Waals surface area contributed by atoms with E-state index >= 15 is 0 Å². The van der Waals surface area contributed by atoms with Gasteiger partial charge in [0.25, 0.3) is 0 Å². The number of amides is 1. The monoisotopic (exact) mass is 451 g/mol. The third kappa shape index (κ3) is 5.05. The van der Waals surface area contributed by atoms with E-state index in [0.29, 0.717) is 23.3 Å². The van der Waals surface area contributed by atoms with Gasteiger partial charge in [-0.2, -0.15) is 0 Å². The Morgan fingerprint density at radius 2 is 1.78 bits per heavy atom. The van der Waals surface area contributed by atoms with E-state index in [-0.39, 0.29) is 11.7 Å². The van der Waals surface area contributed by atoms with Gasteiger partial charge in [-0.1, -0.05) is 11.8 Å². The van der Waals surface area contributed by atoms with E-state index < -0.39 is 0 Å². The number of carbonyl (C=O) groups excluding carboxylic acids is 1. The lowest BCUT2D eigenvalue weighted by Crippen LogP contribution is -2.21. The highest BCUT2D eigenvalue weighted by Crippen LogP contribution is 2.26. The van der Waals surface area contributed by atoms with Gasteiger partial charge >= 0.3 is 0 Å². The quantitative estimate of drug-likeness (QED) is 0.348. The molecule has 0 saturated carbocycles. The summed E-state index contributed by atoms with van der Waals surface area (Å²) in [5.41, 5.74) is 1.90. The van der Waals surface area contributed by atoms with E-state index in [2.05, 4.69) is 34.3 Å². The molecular weight excluding hydrogens is 426 g/mol. The Morgan fingerprint density at radius 1 is 1.03 bits per heavy atom. The van der Waals surface area contributed by atoms with Crippen LogP contribution in [-0.2, 0) is 11.3 Å². The molecular formula is C23H25N5O3S. The Labute approximate surface area is 190 Å². The van der Waals surface area contributed by atoms with Crippen molar-refractivity contribution in [2.75, 3.05) is 29.1 Å². The van der Waals surface area contributed by atoms with Crippen molar-refractivity contribution in [3.63, 3.8) is 0 Å². The summed E-state index contributed by atoms with van der Waals surface area (Å²) in [7, 11) is 0. The number of nitrogens with zero attached hydrogens (tertiary/aromatic N) is 4. The summed E-state index contributed by atoms with van der Waals surface area (Å²) in [6.45, 7) is 6.57. The standard InChI is InChI=1S/C23H25N5O3S/c1-3-27(4-2)18-11-9-17(10-12-18)24-21(29)16-32-23-26-25-22(20-8-6-14-31-20)28(23)15-19-7-5-13-30-19/h5-14H,3-4,15-16H2,1-2H3,(H,24,29). The highest BCUT2D eigenvalue weighted by atomic mass is 32.2. The van der Waals surface area contributed by atoms with E-state index in [9.17, 15) is 4.79 Å². The van der Waals surface area contributed by atoms with Gasteiger partial charge in [-0.25, -0.2) is 0 Å². The fourth-order valence-electron chi connectivity index (χ4n) is 3.36. The highest BCUT2D eigenvalue weighted by molar-refractivity contribution is 7.99. The molecule has 0 aliphatic heterocycles. The summed E-state index contributed by atoms with van der Waals surface area (Å²) in [4.78, 5) is 14.8. The van der Waals surface area contributed by atoms with Crippen LogP contribution in [0.25, 0.3) is 11.6 Å². The van der Waals surface area contributed by atoms with Crippen molar-refractivity contribution in [2.24, 2.45) is 0 Å². The van der Waals surface area contributed by atoms with E-state index in [1.807, 2.05) is 47.0 Å². The molecule has 4 rings (SSSR count). The average molecular weight is 452 g/mol. The molecule has 8 nitrogen and oxygen atoms in total. The van der Waals surface area contributed by atoms with Gasteiger partial charge in [-0.3, -0.25) is 9.36 Å². The van der Waals surface area contributed by atoms with Crippen molar-refractivity contribution in [1.82, 2.24) is 14.8 Å². The molecule has 1 amide bonds. The third-order valence-electron chi connectivity index (χ3n) is 4.96. The molecule has 0 saturated heterocycles. The molecule has 1 N–H and O–H groups in total. The van der Waals surface area contributed by atoms with Gasteiger partial charge in [0, 0.05) is 24.5 Å². The first-order valence-electron chi connectivity index (χ1n) is 10.4. The van der Waals surface area contributed by atoms with Crippen molar-refractivity contribution in [3.8, 4) is 11.6 Å². The van der Waals surface area contributed by atoms with Crippen molar-refractivity contribution >= 4 is 29.0 Å². The number of hydrogen-bond acceptors (Lipinski definition) is 7. The maximum absolute atomic E-state index is 12.5. The number of furan rings is 2. The van der Waals surface area contributed by atoms with E-state index in [4.69, 9.17) is 8.83 Å². The number of benzene rings is 1. The average Bonchev–Trinajstić information content (AvgIpc) is 3.57. The summed E-state index contributed by atoms with van der Waals surface area (Å²) in [5.74, 6) is 2.04. The van der Waals surface area contributed by atoms with Gasteiger partial charge in [-0.15, -0.1) is 10.2 Å². The first kappa shape index (κ1) is 21.8. The lowest BCUT2D eigenvalue weighted by atomic mass is 10.2. The summed E-state index contributed by atoms with van der Waals surface area (Å²) in [6, 6.07) is 15.2. The van der Waals surface area contributed by atoms with E-state index in [1.165, 1.54) is 11.8 Å². The second-order valence-corrected chi connectivity index (χ2v) is 7.95. The predicted molar refractivity (Wildman–Crippen MR) is 125 cm³/mol. The van der Waals surface area contributed by atoms with Crippen LogP contribution in [0.2, 0.25) is 0 Å². The fraction of sp³-hybridized carbons (Fsp3) is 0.261. The second-order valence-electron chi connectivity index (χ2n) is 7.01. The number of thioether (sulfide) groups is 1. The number of carbonyl (C=O) groups is 1. The van der Waals surface area contributed by atoms with Crippen LogP contribution >= 0.6 is 11.8 Å². The zero-order valence-corrected chi connectivity index (χ0v) is 18.8. The van der Waals surface area contributed by atoms with Crippen LogP contribution in [0.1, 0.15) is 19.6 Å². The molecule has 3 aromatic heterocycles. The maximum atomic E-state index is 12.5. The smallest absolute Gasteiger partial charge is 0.234 e. The molecule has 0 unspecified atom stereocenters. The second kappa shape index (κ2) is 10.2. The minimum Gasteiger partial charge on any atom is -0.467 e. The maximum Gasteiger partial charge on any atom is 0.234 e. The van der Waals surface area contributed by atoms with Crippen LogP contribution in [0, 0.1) is 0 Å². The minimum atomic E-state index is -0.113. The topological polar surface area (TPSA) is 89.3 Å². The summed E-state index contributed by atoms with van der Waals surface area (Å²) in [6.07, 6.45) is 3.21. The predicted octanol–water partition coefficient (Wildman–Crippen LogP) is 4.76. The van der Waals surface area contributed by atoms with Crippen LogP contribution in [0.15, 0.2) is 75.0 Å². The Hall–Kier alpha value is -3.46. The zero-order valence-electron chi connectivity index (χ0n) is 18.0. The van der Waals surface area contributed by atoms with Crippen LogP contribution in [0.5, 0.6) is 0 Å². The highest BCUT2D eigenvalue weighted by Gasteiger charge is 2.18. The minimum absolute atomic E-state index is 0.113. The molecule has 9 heteroatoms.